The molecular formula is C21H22N4O3. The lowest BCUT2D eigenvalue weighted by molar-refractivity contribution is -0.108. The zero-order valence-corrected chi connectivity index (χ0v) is 15.8. The van der Waals surface area contributed by atoms with Crippen molar-refractivity contribution in [2.45, 2.75) is 13.8 Å². The van der Waals surface area contributed by atoms with E-state index in [0.29, 0.717) is 24.5 Å². The summed E-state index contributed by atoms with van der Waals surface area (Å²) in [5.74, 6) is 0.503. The van der Waals surface area contributed by atoms with Crippen LogP contribution in [0, 0.1) is 12.3 Å². The molecule has 0 saturated heterocycles. The molecule has 0 spiro atoms. The summed E-state index contributed by atoms with van der Waals surface area (Å²) in [6, 6.07) is 15.3. The number of ether oxygens (including phenoxy) is 2. The second-order valence-corrected chi connectivity index (χ2v) is 6.07. The number of nitrogens with one attached hydrogen (secondary N) is 3. The van der Waals surface area contributed by atoms with Crippen LogP contribution in [0.15, 0.2) is 48.5 Å². The largest absolute Gasteiger partial charge is 0.468 e. The van der Waals surface area contributed by atoms with Gasteiger partial charge in [0.25, 0.3) is 0 Å². The van der Waals surface area contributed by atoms with Crippen LogP contribution in [0.4, 0.5) is 5.69 Å². The lowest BCUT2D eigenvalue weighted by Crippen LogP contribution is -2.28. The first-order chi connectivity index (χ1) is 13.6. The molecule has 0 aliphatic rings. The first-order valence-electron chi connectivity index (χ1n) is 8.89. The summed E-state index contributed by atoms with van der Waals surface area (Å²) in [6.45, 7) is 4.64. The lowest BCUT2D eigenvalue weighted by Gasteiger charge is -2.14. The average molecular weight is 378 g/mol. The number of benzene rings is 2. The number of amides is 1. The van der Waals surface area contributed by atoms with Crippen molar-refractivity contribution in [2.75, 3.05) is 18.7 Å². The fraction of sp³-hybridized carbons (Fsp3) is 0.190. The molecule has 0 bridgehead atoms. The van der Waals surface area contributed by atoms with Crippen LogP contribution in [0.1, 0.15) is 12.5 Å². The fourth-order valence-electron chi connectivity index (χ4n) is 2.82. The number of carbonyl (C=O) groups is 1. The third kappa shape index (κ3) is 4.44. The SMILES string of the molecule is CCOCOc1ccc2nc(-c3ccccc3C)cc(NC(=N)NC=O)c2c1. The van der Waals surface area contributed by atoms with E-state index < -0.39 is 0 Å². The van der Waals surface area contributed by atoms with Gasteiger partial charge in [0.15, 0.2) is 12.8 Å². The van der Waals surface area contributed by atoms with E-state index in [0.717, 1.165) is 27.7 Å². The number of aryl methyl sites for hydroxylation is 1. The first-order valence-corrected chi connectivity index (χ1v) is 8.89. The number of nitrogens with zero attached hydrogens (tertiary/aromatic N) is 1. The number of carbonyl (C=O) groups excluding carboxylic acids is 1. The van der Waals surface area contributed by atoms with Gasteiger partial charge in [-0.1, -0.05) is 24.3 Å². The number of guanidine groups is 1. The van der Waals surface area contributed by atoms with Crippen molar-refractivity contribution < 1.29 is 14.3 Å². The van der Waals surface area contributed by atoms with Gasteiger partial charge in [-0.3, -0.25) is 15.5 Å². The Hall–Kier alpha value is -3.45. The van der Waals surface area contributed by atoms with Gasteiger partial charge in [-0.05, 0) is 43.7 Å². The van der Waals surface area contributed by atoms with Gasteiger partial charge in [0.05, 0.1) is 16.9 Å². The van der Waals surface area contributed by atoms with E-state index in [2.05, 4.69) is 10.6 Å². The maximum Gasteiger partial charge on any atom is 0.213 e. The van der Waals surface area contributed by atoms with Gasteiger partial charge >= 0.3 is 0 Å². The third-order valence-electron chi connectivity index (χ3n) is 4.18. The van der Waals surface area contributed by atoms with E-state index in [1.165, 1.54) is 0 Å². The summed E-state index contributed by atoms with van der Waals surface area (Å²) in [5.41, 5.74) is 4.25. The Labute approximate surface area is 163 Å². The standard InChI is InChI=1S/C21H22N4O3/c1-3-27-13-28-15-8-9-18-17(10-15)20(25-21(22)23-12-26)11-19(24-18)16-7-5-4-6-14(16)2/h4-12H,3,13H2,1-2H3,(H3,22,23,24,25,26). The Kier molecular flexibility index (Phi) is 6.18. The molecule has 1 amide bonds. The molecule has 0 unspecified atom stereocenters. The molecule has 0 radical (unpaired) electrons. The van der Waals surface area contributed by atoms with Crippen molar-refractivity contribution >= 4 is 29.0 Å². The van der Waals surface area contributed by atoms with Gasteiger partial charge in [0.2, 0.25) is 6.41 Å². The minimum atomic E-state index is -0.126. The van der Waals surface area contributed by atoms with E-state index in [1.54, 1.807) is 0 Å². The van der Waals surface area contributed by atoms with Crippen LogP contribution in [-0.2, 0) is 9.53 Å². The van der Waals surface area contributed by atoms with Crippen LogP contribution in [0.3, 0.4) is 0 Å². The Morgan fingerprint density at radius 3 is 2.79 bits per heavy atom. The summed E-state index contributed by atoms with van der Waals surface area (Å²) in [6.07, 6.45) is 0.456. The monoisotopic (exact) mass is 378 g/mol. The molecule has 1 aromatic heterocycles. The summed E-state index contributed by atoms with van der Waals surface area (Å²) < 4.78 is 10.8. The molecule has 3 aromatic rings. The van der Waals surface area contributed by atoms with Gasteiger partial charge in [-0.15, -0.1) is 0 Å². The smallest absolute Gasteiger partial charge is 0.213 e. The predicted octanol–water partition coefficient (Wildman–Crippen LogP) is 3.68. The molecule has 0 saturated carbocycles. The van der Waals surface area contributed by atoms with E-state index in [-0.39, 0.29) is 12.8 Å². The molecule has 144 valence electrons. The molecule has 0 fully saturated rings. The van der Waals surface area contributed by atoms with E-state index in [4.69, 9.17) is 19.9 Å². The Morgan fingerprint density at radius 2 is 2.04 bits per heavy atom. The summed E-state index contributed by atoms with van der Waals surface area (Å²) in [7, 11) is 0. The Balaban J connectivity index is 2.08. The van der Waals surface area contributed by atoms with Gasteiger partial charge in [-0.25, -0.2) is 4.98 Å². The van der Waals surface area contributed by atoms with E-state index in [9.17, 15) is 4.79 Å². The van der Waals surface area contributed by atoms with Crippen molar-refractivity contribution in [3.8, 4) is 17.0 Å². The fourth-order valence-corrected chi connectivity index (χ4v) is 2.82. The normalized spacial score (nSPS) is 10.5. The minimum absolute atomic E-state index is 0.126. The predicted molar refractivity (Wildman–Crippen MR) is 110 cm³/mol. The highest BCUT2D eigenvalue weighted by Crippen LogP contribution is 2.32. The van der Waals surface area contributed by atoms with E-state index in [1.807, 2.05) is 62.4 Å². The highest BCUT2D eigenvalue weighted by atomic mass is 16.7. The zero-order chi connectivity index (χ0) is 19.9. The Bertz CT molecular complexity index is 1000. The number of pyridine rings is 1. The van der Waals surface area contributed by atoms with Gasteiger partial charge in [0, 0.05) is 17.6 Å². The first kappa shape index (κ1) is 19.3. The molecule has 0 aliphatic carbocycles. The topological polar surface area (TPSA) is 96.3 Å². The zero-order valence-electron chi connectivity index (χ0n) is 15.8. The van der Waals surface area contributed by atoms with Crippen molar-refractivity contribution in [3.05, 3.63) is 54.1 Å². The summed E-state index contributed by atoms with van der Waals surface area (Å²) >= 11 is 0. The molecule has 7 nitrogen and oxygen atoms in total. The van der Waals surface area contributed by atoms with Crippen LogP contribution >= 0.6 is 0 Å². The quantitative estimate of drug-likeness (QED) is 0.192. The van der Waals surface area contributed by atoms with Crippen LogP contribution in [-0.4, -0.2) is 30.8 Å². The van der Waals surface area contributed by atoms with Gasteiger partial charge < -0.3 is 14.8 Å². The molecule has 0 atom stereocenters. The maximum atomic E-state index is 10.7. The lowest BCUT2D eigenvalue weighted by atomic mass is 10.0. The van der Waals surface area contributed by atoms with Crippen molar-refractivity contribution in [1.82, 2.24) is 10.3 Å². The average Bonchev–Trinajstić information content (AvgIpc) is 2.69. The Morgan fingerprint density at radius 1 is 1.21 bits per heavy atom. The molecule has 2 aromatic carbocycles. The van der Waals surface area contributed by atoms with Crippen LogP contribution in [0.25, 0.3) is 22.2 Å². The number of anilines is 1. The van der Waals surface area contributed by atoms with Crippen LogP contribution in [0.2, 0.25) is 0 Å². The van der Waals surface area contributed by atoms with Crippen molar-refractivity contribution in [1.29, 1.82) is 5.41 Å². The van der Waals surface area contributed by atoms with Crippen LogP contribution in [0.5, 0.6) is 5.75 Å². The number of aromatic nitrogens is 1. The third-order valence-corrected chi connectivity index (χ3v) is 4.18. The van der Waals surface area contributed by atoms with Crippen molar-refractivity contribution in [2.24, 2.45) is 0 Å². The number of fused-ring (bicyclic) bond motifs is 1. The number of rotatable bonds is 7. The second kappa shape index (κ2) is 8.96. The van der Waals surface area contributed by atoms with E-state index >= 15 is 0 Å². The number of hydrogen-bond acceptors (Lipinski definition) is 5. The van der Waals surface area contributed by atoms with Gasteiger partial charge in [-0.2, -0.15) is 0 Å². The minimum Gasteiger partial charge on any atom is -0.468 e. The van der Waals surface area contributed by atoms with Gasteiger partial charge in [0.1, 0.15) is 5.75 Å². The number of hydrogen-bond donors (Lipinski definition) is 3. The van der Waals surface area contributed by atoms with Crippen molar-refractivity contribution in [3.63, 3.8) is 0 Å². The summed E-state index contributed by atoms with van der Waals surface area (Å²) in [4.78, 5) is 15.4. The molecule has 3 N–H and O–H groups in total. The molecule has 0 aliphatic heterocycles. The molecular weight excluding hydrogens is 356 g/mol. The highest BCUT2D eigenvalue weighted by Gasteiger charge is 2.11. The molecule has 3 rings (SSSR count). The molecule has 7 heteroatoms. The highest BCUT2D eigenvalue weighted by molar-refractivity contribution is 6.05. The maximum absolute atomic E-state index is 10.7. The summed E-state index contributed by atoms with van der Waals surface area (Å²) in [5, 5.41) is 13.9. The van der Waals surface area contributed by atoms with Crippen LogP contribution < -0.4 is 15.4 Å². The molecule has 1 heterocycles. The molecule has 28 heavy (non-hydrogen) atoms. The second-order valence-electron chi connectivity index (χ2n) is 6.07.